The second kappa shape index (κ2) is 15.3. The van der Waals surface area contributed by atoms with Crippen LogP contribution in [-0.4, -0.2) is 97.3 Å². The average Bonchev–Trinajstić information content (AvgIpc) is 2.57. The van der Waals surface area contributed by atoms with Crippen LogP contribution in [0.1, 0.15) is 25.7 Å². The van der Waals surface area contributed by atoms with Gasteiger partial charge in [0.25, 0.3) is 0 Å². The van der Waals surface area contributed by atoms with Crippen molar-refractivity contribution < 1.29 is 9.90 Å². The highest BCUT2D eigenvalue weighted by atomic mass is 35.5. The fourth-order valence-electron chi connectivity index (χ4n) is 4.37. The Morgan fingerprint density at radius 3 is 1.89 bits per heavy atom. The van der Waals surface area contributed by atoms with E-state index in [0.29, 0.717) is 6.04 Å². The predicted octanol–water partition coefficient (Wildman–Crippen LogP) is 1.84. The minimum Gasteiger partial charge on any atom is -0.480 e. The molecule has 0 amide bonds. The Bertz CT molecular complexity index is 387. The number of piperazine rings is 1. The lowest BCUT2D eigenvalue weighted by Gasteiger charge is -2.43. The van der Waals surface area contributed by atoms with Crippen LogP contribution in [0.5, 0.6) is 0 Å². The number of halogens is 4. The summed E-state index contributed by atoms with van der Waals surface area (Å²) < 4.78 is 0. The Labute approximate surface area is 188 Å². The smallest absolute Gasteiger partial charge is 0.317 e. The Morgan fingerprint density at radius 2 is 1.37 bits per heavy atom. The van der Waals surface area contributed by atoms with Gasteiger partial charge in [0.05, 0.1) is 6.54 Å². The number of nitrogens with zero attached hydrogens (tertiary/aromatic N) is 3. The highest BCUT2D eigenvalue weighted by Gasteiger charge is 2.28. The zero-order chi connectivity index (χ0) is 16.1. The van der Waals surface area contributed by atoms with Crippen molar-refractivity contribution in [3.8, 4) is 0 Å². The average molecular weight is 470 g/mol. The van der Waals surface area contributed by atoms with E-state index in [0.717, 1.165) is 31.8 Å². The number of carbonyl (C=O) groups is 1. The summed E-state index contributed by atoms with van der Waals surface area (Å²) in [6.45, 7) is 10.5. The van der Waals surface area contributed by atoms with Gasteiger partial charge in [-0.1, -0.05) is 0 Å². The zero-order valence-electron chi connectivity index (χ0n) is 15.9. The van der Waals surface area contributed by atoms with Crippen molar-refractivity contribution in [1.29, 1.82) is 0 Å². The SMILES string of the molecule is Cl.Cl.Cl.Cl.O=C(O)CN1CCC(N2CCN(CC3CCNCC3)CC2)CC1. The Hall–Kier alpha value is 0.470. The third kappa shape index (κ3) is 9.68. The summed E-state index contributed by atoms with van der Waals surface area (Å²) in [6.07, 6.45) is 4.92. The number of piperidine rings is 2. The van der Waals surface area contributed by atoms with Crippen LogP contribution < -0.4 is 5.32 Å². The van der Waals surface area contributed by atoms with Gasteiger partial charge >= 0.3 is 5.97 Å². The van der Waals surface area contributed by atoms with Gasteiger partial charge in [0, 0.05) is 51.9 Å². The van der Waals surface area contributed by atoms with E-state index in [1.165, 1.54) is 58.7 Å². The maximum Gasteiger partial charge on any atom is 0.317 e. The minimum absolute atomic E-state index is 0. The van der Waals surface area contributed by atoms with Gasteiger partial charge in [-0.25, -0.2) is 0 Å². The number of aliphatic carboxylic acids is 1. The van der Waals surface area contributed by atoms with Crippen LogP contribution in [0, 0.1) is 5.92 Å². The topological polar surface area (TPSA) is 59.1 Å². The molecule has 3 aliphatic rings. The first kappa shape index (κ1) is 29.7. The molecule has 0 aromatic carbocycles. The highest BCUT2D eigenvalue weighted by molar-refractivity contribution is 5.86. The summed E-state index contributed by atoms with van der Waals surface area (Å²) in [5.74, 6) is 0.192. The second-order valence-electron chi connectivity index (χ2n) is 7.43. The van der Waals surface area contributed by atoms with Crippen molar-refractivity contribution in [1.82, 2.24) is 20.0 Å². The number of likely N-dealkylation sites (tertiary alicyclic amines) is 1. The number of carboxylic acids is 1. The lowest BCUT2D eigenvalue weighted by Crippen LogP contribution is -2.54. The monoisotopic (exact) mass is 468 g/mol. The van der Waals surface area contributed by atoms with E-state index in [2.05, 4.69) is 20.0 Å². The Kier molecular flexibility index (Phi) is 16.8. The zero-order valence-corrected chi connectivity index (χ0v) is 19.2. The molecule has 0 saturated carbocycles. The molecule has 3 aliphatic heterocycles. The number of carboxylic acid groups (broad SMARTS) is 1. The van der Waals surface area contributed by atoms with Crippen LogP contribution >= 0.6 is 49.6 Å². The van der Waals surface area contributed by atoms with E-state index < -0.39 is 5.97 Å². The summed E-state index contributed by atoms with van der Waals surface area (Å²) in [5, 5.41) is 12.3. The van der Waals surface area contributed by atoms with Crippen molar-refractivity contribution in [3.63, 3.8) is 0 Å². The van der Waals surface area contributed by atoms with Crippen LogP contribution in [0.2, 0.25) is 0 Å². The summed E-state index contributed by atoms with van der Waals surface area (Å²) in [6, 6.07) is 0.668. The van der Waals surface area contributed by atoms with Crippen LogP contribution in [-0.2, 0) is 4.79 Å². The maximum absolute atomic E-state index is 10.8. The molecular weight excluding hydrogens is 434 g/mol. The molecule has 27 heavy (non-hydrogen) atoms. The van der Waals surface area contributed by atoms with Crippen LogP contribution in [0.3, 0.4) is 0 Å². The molecule has 0 bridgehead atoms. The molecule has 0 atom stereocenters. The van der Waals surface area contributed by atoms with Gasteiger partial charge in [0.1, 0.15) is 0 Å². The molecule has 0 aliphatic carbocycles. The lowest BCUT2D eigenvalue weighted by molar-refractivity contribution is -0.138. The van der Waals surface area contributed by atoms with E-state index in [4.69, 9.17) is 5.11 Å². The van der Waals surface area contributed by atoms with Crippen LogP contribution in [0.4, 0.5) is 0 Å². The highest BCUT2D eigenvalue weighted by Crippen LogP contribution is 2.20. The third-order valence-corrected chi connectivity index (χ3v) is 5.81. The van der Waals surface area contributed by atoms with Gasteiger partial charge in [0.2, 0.25) is 0 Å². The molecule has 164 valence electrons. The summed E-state index contributed by atoms with van der Waals surface area (Å²) in [7, 11) is 0. The van der Waals surface area contributed by atoms with Crippen molar-refractivity contribution in [2.45, 2.75) is 31.7 Å². The largest absolute Gasteiger partial charge is 0.480 e. The molecule has 6 nitrogen and oxygen atoms in total. The molecule has 3 saturated heterocycles. The van der Waals surface area contributed by atoms with Crippen LogP contribution in [0.25, 0.3) is 0 Å². The number of rotatable bonds is 5. The van der Waals surface area contributed by atoms with Crippen molar-refractivity contribution >= 4 is 55.6 Å². The minimum atomic E-state index is -0.699. The van der Waals surface area contributed by atoms with E-state index in [-0.39, 0.29) is 56.2 Å². The second-order valence-corrected chi connectivity index (χ2v) is 7.43. The summed E-state index contributed by atoms with van der Waals surface area (Å²) in [4.78, 5) is 18.2. The molecule has 0 unspecified atom stereocenters. The van der Waals surface area contributed by atoms with Gasteiger partial charge in [0.15, 0.2) is 0 Å². The first-order valence-electron chi connectivity index (χ1n) is 9.32. The van der Waals surface area contributed by atoms with E-state index >= 15 is 0 Å². The van der Waals surface area contributed by atoms with Gasteiger partial charge in [-0.15, -0.1) is 49.6 Å². The van der Waals surface area contributed by atoms with E-state index in [1.54, 1.807) is 0 Å². The molecule has 2 N–H and O–H groups in total. The van der Waals surface area contributed by atoms with Gasteiger partial charge in [-0.2, -0.15) is 0 Å². The van der Waals surface area contributed by atoms with E-state index in [9.17, 15) is 4.79 Å². The fourth-order valence-corrected chi connectivity index (χ4v) is 4.37. The summed E-state index contributed by atoms with van der Waals surface area (Å²) in [5.41, 5.74) is 0. The maximum atomic E-state index is 10.8. The molecule has 3 heterocycles. The normalized spacial score (nSPS) is 23.3. The van der Waals surface area contributed by atoms with E-state index in [1.807, 2.05) is 0 Å². The van der Waals surface area contributed by atoms with Gasteiger partial charge in [-0.05, 0) is 44.7 Å². The first-order chi connectivity index (χ1) is 11.2. The predicted molar refractivity (Wildman–Crippen MR) is 120 cm³/mol. The summed E-state index contributed by atoms with van der Waals surface area (Å²) >= 11 is 0. The molecule has 3 fully saturated rings. The number of hydrogen-bond acceptors (Lipinski definition) is 5. The van der Waals surface area contributed by atoms with Gasteiger partial charge in [-0.3, -0.25) is 14.6 Å². The van der Waals surface area contributed by atoms with Crippen molar-refractivity contribution in [2.75, 3.05) is 65.4 Å². The Morgan fingerprint density at radius 1 is 0.815 bits per heavy atom. The molecule has 3 rings (SSSR count). The fraction of sp³-hybridized carbons (Fsp3) is 0.941. The third-order valence-electron chi connectivity index (χ3n) is 5.81. The van der Waals surface area contributed by atoms with Crippen molar-refractivity contribution in [3.05, 3.63) is 0 Å². The van der Waals surface area contributed by atoms with Gasteiger partial charge < -0.3 is 15.3 Å². The molecule has 0 radical (unpaired) electrons. The molecular formula is C17H36Cl4N4O2. The standard InChI is InChI=1S/C17H32N4O2.4ClH/c22-17(23)14-19-7-3-16(4-8-19)21-11-9-20(10-12-21)13-15-1-5-18-6-2-15;;;;/h15-16,18H,1-14H2,(H,22,23);4*1H. The molecule has 0 spiro atoms. The number of nitrogens with one attached hydrogen (secondary N) is 1. The van der Waals surface area contributed by atoms with Crippen LogP contribution in [0.15, 0.2) is 0 Å². The molecule has 0 aromatic heterocycles. The number of hydrogen-bond donors (Lipinski definition) is 2. The lowest BCUT2D eigenvalue weighted by atomic mass is 9.97. The first-order valence-corrected chi connectivity index (χ1v) is 9.32. The molecule has 0 aromatic rings. The Balaban J connectivity index is 0. The van der Waals surface area contributed by atoms with Crippen molar-refractivity contribution in [2.24, 2.45) is 5.92 Å². The molecule has 10 heteroatoms. The quantitative estimate of drug-likeness (QED) is 0.640.